The molecule has 0 radical (unpaired) electrons. The topological polar surface area (TPSA) is 148 Å². The van der Waals surface area contributed by atoms with Gasteiger partial charge in [-0.05, 0) is 18.6 Å². The van der Waals surface area contributed by atoms with Crippen molar-refractivity contribution >= 4 is 11.8 Å². The lowest BCUT2D eigenvalue weighted by Gasteiger charge is -2.13. The fourth-order valence-electron chi connectivity index (χ4n) is 6.87. The summed E-state index contributed by atoms with van der Waals surface area (Å²) in [5.41, 5.74) is 0.886. The van der Waals surface area contributed by atoms with Gasteiger partial charge in [0, 0.05) is 6.61 Å². The zero-order valence-electron chi connectivity index (χ0n) is 40.5. The quantitative estimate of drug-likeness (QED) is 0.0463. The van der Waals surface area contributed by atoms with Crippen LogP contribution in [0.3, 0.4) is 0 Å². The van der Waals surface area contributed by atoms with Gasteiger partial charge in [0.25, 0.3) is 11.8 Å². The number of carbonyl (C=O) groups excluding carboxylic acids is 2. The Morgan fingerprint density at radius 3 is 0.769 bits per heavy atom. The van der Waals surface area contributed by atoms with E-state index in [4.69, 9.17) is 56.8 Å². The monoisotopic (exact) mass is 928 g/mol. The summed E-state index contributed by atoms with van der Waals surface area (Å²) >= 11 is 0. The van der Waals surface area contributed by atoms with Crippen molar-refractivity contribution in [3.05, 3.63) is 35.4 Å². The number of ether oxygens (including phenoxy) is 12. The molecule has 0 N–H and O–H groups in total. The number of rotatable bonds is 53. The minimum Gasteiger partial charge on any atom is -0.379 e. The van der Waals surface area contributed by atoms with Gasteiger partial charge < -0.3 is 56.8 Å². The number of carbonyl (C=O) groups is 2. The van der Waals surface area contributed by atoms with E-state index in [2.05, 4.69) is 6.92 Å². The molecular weight excluding hydrogens is 839 g/mol. The van der Waals surface area contributed by atoms with Crippen molar-refractivity contribution < 1.29 is 66.4 Å². The Labute approximate surface area is 392 Å². The number of hydrogen-bond acceptors (Lipinski definition) is 14. The zero-order chi connectivity index (χ0) is 46.2. The number of nitrogens with zero attached hydrogens (tertiary/aromatic N) is 1. The van der Waals surface area contributed by atoms with Crippen LogP contribution in [0, 0.1) is 0 Å². The summed E-state index contributed by atoms with van der Waals surface area (Å²) in [6.45, 7) is 14.5. The zero-order valence-corrected chi connectivity index (χ0v) is 40.5. The minimum atomic E-state index is -0.277. The van der Waals surface area contributed by atoms with Gasteiger partial charge in [-0.15, -0.1) is 0 Å². The molecule has 0 bridgehead atoms. The van der Waals surface area contributed by atoms with E-state index in [1.165, 1.54) is 101 Å². The normalized spacial score (nSPS) is 12.6. The van der Waals surface area contributed by atoms with Crippen LogP contribution < -0.4 is 0 Å². The van der Waals surface area contributed by atoms with Gasteiger partial charge in [-0.25, -0.2) is 0 Å². The first kappa shape index (κ1) is 59.0. The third-order valence-electron chi connectivity index (χ3n) is 10.6. The van der Waals surface area contributed by atoms with Crippen LogP contribution in [0.1, 0.15) is 130 Å². The maximum absolute atomic E-state index is 12.3. The molecule has 15 heteroatoms. The molecule has 2 rings (SSSR count). The van der Waals surface area contributed by atoms with Gasteiger partial charge in [-0.3, -0.25) is 14.5 Å². The van der Waals surface area contributed by atoms with Crippen LogP contribution in [0.4, 0.5) is 0 Å². The van der Waals surface area contributed by atoms with E-state index in [0.29, 0.717) is 156 Å². The van der Waals surface area contributed by atoms with E-state index in [1.807, 2.05) is 0 Å². The summed E-state index contributed by atoms with van der Waals surface area (Å²) in [4.78, 5) is 25.9. The van der Waals surface area contributed by atoms with Crippen LogP contribution in [0.2, 0.25) is 0 Å². The molecule has 0 saturated heterocycles. The highest BCUT2D eigenvalue weighted by Crippen LogP contribution is 2.22. The molecule has 0 atom stereocenters. The Bertz CT molecular complexity index is 1160. The van der Waals surface area contributed by atoms with Crippen LogP contribution in [-0.4, -0.2) is 182 Å². The van der Waals surface area contributed by atoms with Crippen molar-refractivity contribution in [3.63, 3.8) is 0 Å². The fourth-order valence-corrected chi connectivity index (χ4v) is 6.87. The number of hydrogen-bond donors (Lipinski definition) is 0. The van der Waals surface area contributed by atoms with Crippen LogP contribution >= 0.6 is 0 Å². The highest BCUT2D eigenvalue weighted by Gasteiger charge is 2.34. The van der Waals surface area contributed by atoms with Crippen LogP contribution in [0.5, 0.6) is 0 Å². The molecular formula is C50H89NO14. The van der Waals surface area contributed by atoms with Gasteiger partial charge in [0.05, 0.1) is 170 Å². The van der Waals surface area contributed by atoms with E-state index < -0.39 is 0 Å². The smallest absolute Gasteiger partial charge is 0.261 e. The number of benzene rings is 1. The van der Waals surface area contributed by atoms with E-state index in [-0.39, 0.29) is 25.0 Å². The van der Waals surface area contributed by atoms with Crippen molar-refractivity contribution in [1.82, 2.24) is 4.90 Å². The van der Waals surface area contributed by atoms with Crippen LogP contribution in [0.25, 0.3) is 0 Å². The molecule has 0 unspecified atom stereocenters. The number of amides is 2. The Balaban J connectivity index is 1.12. The lowest BCUT2D eigenvalue weighted by atomic mass is 10.0. The first-order chi connectivity index (χ1) is 32.3. The predicted molar refractivity (Wildman–Crippen MR) is 251 cm³/mol. The molecule has 1 aliphatic heterocycles. The second-order valence-corrected chi connectivity index (χ2v) is 16.0. The summed E-state index contributed by atoms with van der Waals surface area (Å²) in [5, 5.41) is 0. The van der Waals surface area contributed by atoms with E-state index in [1.54, 1.807) is 24.3 Å². The van der Waals surface area contributed by atoms with E-state index in [0.717, 1.165) is 13.0 Å². The summed E-state index contributed by atoms with van der Waals surface area (Å²) in [5.74, 6) is -0.553. The molecule has 65 heavy (non-hydrogen) atoms. The molecule has 378 valence electrons. The third-order valence-corrected chi connectivity index (χ3v) is 10.6. The average Bonchev–Trinajstić information content (AvgIpc) is 3.56. The summed E-state index contributed by atoms with van der Waals surface area (Å²) in [6, 6.07) is 6.83. The highest BCUT2D eigenvalue weighted by molar-refractivity contribution is 6.21. The Kier molecular flexibility index (Phi) is 42.6. The average molecular weight is 928 g/mol. The van der Waals surface area contributed by atoms with E-state index >= 15 is 0 Å². The first-order valence-corrected chi connectivity index (χ1v) is 25.1. The fraction of sp³-hybridized carbons (Fsp3) is 0.840. The van der Waals surface area contributed by atoms with Gasteiger partial charge in [0.15, 0.2) is 0 Å². The third kappa shape index (κ3) is 35.7. The summed E-state index contributed by atoms with van der Waals surface area (Å²) in [6.07, 6.45) is 22.1. The van der Waals surface area contributed by atoms with Gasteiger partial charge in [0.1, 0.15) is 0 Å². The molecule has 2 amide bonds. The number of fused-ring (bicyclic) bond motifs is 1. The number of unbranched alkanes of at least 4 members (excludes halogenated alkanes) is 15. The molecule has 0 spiro atoms. The highest BCUT2D eigenvalue weighted by atomic mass is 16.6. The molecule has 0 saturated carbocycles. The Morgan fingerprint density at radius 1 is 0.292 bits per heavy atom. The Morgan fingerprint density at radius 2 is 0.508 bits per heavy atom. The van der Waals surface area contributed by atoms with Crippen molar-refractivity contribution in [3.8, 4) is 0 Å². The SMILES string of the molecule is CCCCCCCCCCCCCCCCCCOCCOCCOCCOCCOCCOCCOCCOCCOCCOCCOCCOCCN1C(=O)c2ccccc2C1=O. The largest absolute Gasteiger partial charge is 0.379 e. The lowest BCUT2D eigenvalue weighted by Crippen LogP contribution is -2.33. The first-order valence-electron chi connectivity index (χ1n) is 25.1. The van der Waals surface area contributed by atoms with Crippen LogP contribution in [-0.2, 0) is 56.8 Å². The molecule has 1 aromatic carbocycles. The van der Waals surface area contributed by atoms with Crippen molar-refractivity contribution in [2.45, 2.75) is 110 Å². The second kappa shape index (κ2) is 47.0. The van der Waals surface area contributed by atoms with Crippen LogP contribution in [0.15, 0.2) is 24.3 Å². The predicted octanol–water partition coefficient (Wildman–Crippen LogP) is 7.74. The van der Waals surface area contributed by atoms with Crippen molar-refractivity contribution in [2.75, 3.05) is 165 Å². The second-order valence-electron chi connectivity index (χ2n) is 16.0. The number of imide groups is 1. The molecule has 0 aliphatic carbocycles. The maximum Gasteiger partial charge on any atom is 0.261 e. The standard InChI is InChI=1S/C50H89NO14/c1-2-3-4-5-6-7-8-9-10-11-12-13-14-15-16-19-23-54-25-27-56-29-31-58-33-35-60-37-39-62-41-43-64-45-46-65-44-42-63-40-38-61-36-34-59-32-30-57-28-26-55-24-22-51-49(52)47-20-17-18-21-48(47)50(51)53/h17-18,20-21H,2-16,19,22-46H2,1H3. The molecule has 1 aromatic rings. The molecule has 0 aromatic heterocycles. The van der Waals surface area contributed by atoms with Gasteiger partial charge in [-0.1, -0.05) is 115 Å². The molecule has 15 nitrogen and oxygen atoms in total. The van der Waals surface area contributed by atoms with Crippen molar-refractivity contribution in [1.29, 1.82) is 0 Å². The lowest BCUT2D eigenvalue weighted by molar-refractivity contribution is -0.0284. The minimum absolute atomic E-state index is 0.214. The Hall–Kier alpha value is -2.12. The maximum atomic E-state index is 12.3. The summed E-state index contributed by atoms with van der Waals surface area (Å²) < 4.78 is 66.5. The molecule has 1 heterocycles. The molecule has 1 aliphatic rings. The van der Waals surface area contributed by atoms with Crippen molar-refractivity contribution in [2.24, 2.45) is 0 Å². The van der Waals surface area contributed by atoms with E-state index in [9.17, 15) is 9.59 Å². The van der Waals surface area contributed by atoms with Gasteiger partial charge in [-0.2, -0.15) is 0 Å². The van der Waals surface area contributed by atoms with Gasteiger partial charge >= 0.3 is 0 Å². The summed E-state index contributed by atoms with van der Waals surface area (Å²) in [7, 11) is 0. The molecule has 0 fully saturated rings. The van der Waals surface area contributed by atoms with Gasteiger partial charge in [0.2, 0.25) is 0 Å².